The highest BCUT2D eigenvalue weighted by Crippen LogP contribution is 2.62. The van der Waals surface area contributed by atoms with Crippen molar-refractivity contribution in [1.29, 1.82) is 0 Å². The summed E-state index contributed by atoms with van der Waals surface area (Å²) < 4.78 is 0. The molecule has 1 fully saturated rings. The van der Waals surface area contributed by atoms with Crippen molar-refractivity contribution in [3.8, 4) is 22.3 Å². The van der Waals surface area contributed by atoms with E-state index < -0.39 is 0 Å². The van der Waals surface area contributed by atoms with Gasteiger partial charge in [0.15, 0.2) is 0 Å². The zero-order valence-corrected chi connectivity index (χ0v) is 28.9. The molecule has 2 nitrogen and oxygen atoms in total. The van der Waals surface area contributed by atoms with Crippen molar-refractivity contribution in [2.75, 3.05) is 9.80 Å². The lowest BCUT2D eigenvalue weighted by atomic mass is 9.32. The van der Waals surface area contributed by atoms with Crippen molar-refractivity contribution in [2.24, 2.45) is 0 Å². The normalized spacial score (nSPS) is 21.2. The van der Waals surface area contributed by atoms with Crippen LogP contribution in [0.1, 0.15) is 56.2 Å². The predicted octanol–water partition coefficient (Wildman–Crippen LogP) is 9.99. The largest absolute Gasteiger partial charge is 0.335 e. The Kier molecular flexibility index (Phi) is 6.05. The van der Waals surface area contributed by atoms with Gasteiger partial charge in [0, 0.05) is 33.9 Å². The van der Waals surface area contributed by atoms with Crippen LogP contribution in [0.15, 0.2) is 127 Å². The Labute approximate surface area is 291 Å². The molecule has 0 bridgehead atoms. The van der Waals surface area contributed by atoms with Crippen LogP contribution in [0.3, 0.4) is 0 Å². The Bertz CT molecular complexity index is 2290. The minimum Gasteiger partial charge on any atom is -0.335 e. The molecule has 0 aromatic heterocycles. The number of fused-ring (bicyclic) bond motifs is 7. The van der Waals surface area contributed by atoms with Crippen LogP contribution in [0.2, 0.25) is 0 Å². The van der Waals surface area contributed by atoms with E-state index in [0.29, 0.717) is 0 Å². The van der Waals surface area contributed by atoms with Crippen LogP contribution in [0.25, 0.3) is 22.3 Å². The first kappa shape index (κ1) is 28.9. The fourth-order valence-electron chi connectivity index (χ4n) is 10.5. The number of hydrogen-bond donors (Lipinski definition) is 0. The van der Waals surface area contributed by atoms with Crippen LogP contribution in [0.4, 0.5) is 28.4 Å². The fraction of sp³-hybridized carbons (Fsp3) is 0.217. The van der Waals surface area contributed by atoms with Gasteiger partial charge in [0.2, 0.25) is 0 Å². The van der Waals surface area contributed by atoms with E-state index in [1.54, 1.807) is 5.56 Å². The summed E-state index contributed by atoms with van der Waals surface area (Å²) in [5, 5.41) is 0. The molecule has 10 rings (SSSR count). The summed E-state index contributed by atoms with van der Waals surface area (Å²) in [5.41, 5.74) is 20.7. The van der Waals surface area contributed by atoms with Gasteiger partial charge in [-0.1, -0.05) is 122 Å². The van der Waals surface area contributed by atoms with E-state index in [0.717, 1.165) is 0 Å². The zero-order chi connectivity index (χ0) is 33.1. The lowest BCUT2D eigenvalue weighted by molar-refractivity contribution is 0.194. The molecule has 3 heteroatoms. The van der Waals surface area contributed by atoms with E-state index in [1.165, 1.54) is 104 Å². The van der Waals surface area contributed by atoms with Gasteiger partial charge in [0.05, 0.1) is 5.54 Å². The molecule has 6 aromatic carbocycles. The number of benzene rings is 6. The lowest BCUT2D eigenvalue weighted by Crippen LogP contribution is -2.65. The highest BCUT2D eigenvalue weighted by Gasteiger charge is 2.62. The standard InChI is InChI=1S/C46H41BN2/c1-30-28-31(2)42-44-41(30)45(3)26-11-12-27-46(45,4)49(44)40-19-13-18-39-43(40)47(42)37-29-35(33-16-9-6-10-17-33)22-25-38(37)48(39)36-23-20-34(21-24-36)32-14-7-5-8-15-32/h5-10,13-25,28-29H,11-12,26-27H2,1-4H3. The summed E-state index contributed by atoms with van der Waals surface area (Å²) in [6.07, 6.45) is 5.04. The minimum atomic E-state index is 0.0231. The van der Waals surface area contributed by atoms with Gasteiger partial charge in [0.25, 0.3) is 6.71 Å². The van der Waals surface area contributed by atoms with Gasteiger partial charge in [-0.2, -0.15) is 0 Å². The molecule has 0 N–H and O–H groups in total. The number of nitrogens with zero attached hydrogens (tertiary/aromatic N) is 2. The van der Waals surface area contributed by atoms with Gasteiger partial charge in [0.1, 0.15) is 0 Å². The SMILES string of the molecule is Cc1cc(C)c2c3c1B1c4cc(-c5ccccc5)ccc4N(c4ccc(-c5ccccc5)cc4)c4cccc(c41)N3C1(C)CCCCC21C. The molecule has 4 aliphatic rings. The molecule has 0 radical (unpaired) electrons. The lowest BCUT2D eigenvalue weighted by Gasteiger charge is -2.52. The monoisotopic (exact) mass is 632 g/mol. The Morgan fingerprint density at radius 2 is 1.18 bits per heavy atom. The first-order valence-corrected chi connectivity index (χ1v) is 18.1. The van der Waals surface area contributed by atoms with Crippen molar-refractivity contribution in [2.45, 2.75) is 64.3 Å². The van der Waals surface area contributed by atoms with E-state index in [4.69, 9.17) is 0 Å². The smallest absolute Gasteiger partial charge is 0.252 e. The van der Waals surface area contributed by atoms with Gasteiger partial charge in [-0.05, 0) is 114 Å². The van der Waals surface area contributed by atoms with Crippen molar-refractivity contribution in [3.63, 3.8) is 0 Å². The van der Waals surface area contributed by atoms with Gasteiger partial charge in [-0.25, -0.2) is 0 Å². The molecule has 3 heterocycles. The van der Waals surface area contributed by atoms with Gasteiger partial charge >= 0.3 is 0 Å². The topological polar surface area (TPSA) is 6.48 Å². The van der Waals surface area contributed by atoms with Crippen LogP contribution in [-0.4, -0.2) is 12.3 Å². The molecule has 0 saturated heterocycles. The molecule has 1 saturated carbocycles. The number of hydrogen-bond acceptors (Lipinski definition) is 2. The molecular weight excluding hydrogens is 591 g/mol. The van der Waals surface area contributed by atoms with Crippen molar-refractivity contribution in [1.82, 2.24) is 0 Å². The minimum absolute atomic E-state index is 0.0231. The third-order valence-corrected chi connectivity index (χ3v) is 12.8. The summed E-state index contributed by atoms with van der Waals surface area (Å²) in [4.78, 5) is 5.39. The molecule has 2 unspecified atom stereocenters. The maximum Gasteiger partial charge on any atom is 0.252 e. The van der Waals surface area contributed by atoms with Gasteiger partial charge in [-0.15, -0.1) is 0 Å². The van der Waals surface area contributed by atoms with E-state index in [1.807, 2.05) is 0 Å². The van der Waals surface area contributed by atoms with E-state index in [-0.39, 0.29) is 17.7 Å². The van der Waals surface area contributed by atoms with Gasteiger partial charge < -0.3 is 9.80 Å². The van der Waals surface area contributed by atoms with E-state index in [2.05, 4.69) is 165 Å². The van der Waals surface area contributed by atoms with Crippen molar-refractivity contribution in [3.05, 3.63) is 144 Å². The predicted molar refractivity (Wildman–Crippen MR) is 209 cm³/mol. The van der Waals surface area contributed by atoms with Gasteiger partial charge in [-0.3, -0.25) is 0 Å². The molecule has 0 amide bonds. The third-order valence-electron chi connectivity index (χ3n) is 12.8. The average Bonchev–Trinajstić information content (AvgIpc) is 3.36. The van der Waals surface area contributed by atoms with E-state index >= 15 is 0 Å². The number of rotatable bonds is 3. The summed E-state index contributed by atoms with van der Waals surface area (Å²) in [7, 11) is 0. The Hall–Kier alpha value is -5.02. The second-order valence-electron chi connectivity index (χ2n) is 15.3. The van der Waals surface area contributed by atoms with Crippen molar-refractivity contribution < 1.29 is 0 Å². The molecule has 6 aromatic rings. The van der Waals surface area contributed by atoms with Crippen LogP contribution >= 0.6 is 0 Å². The Morgan fingerprint density at radius 3 is 1.92 bits per heavy atom. The Morgan fingerprint density at radius 1 is 0.551 bits per heavy atom. The van der Waals surface area contributed by atoms with Crippen LogP contribution in [0, 0.1) is 13.8 Å². The third kappa shape index (κ3) is 3.79. The second kappa shape index (κ2) is 10.2. The Balaban J connectivity index is 1.27. The summed E-state index contributed by atoms with van der Waals surface area (Å²) >= 11 is 0. The molecular formula is C46H41BN2. The van der Waals surface area contributed by atoms with Crippen LogP contribution < -0.4 is 26.2 Å². The summed E-state index contributed by atoms with van der Waals surface area (Å²) in [6, 6.07) is 47.7. The molecule has 1 aliphatic carbocycles. The quantitative estimate of drug-likeness (QED) is 0.179. The number of anilines is 5. The zero-order valence-electron chi connectivity index (χ0n) is 28.9. The molecule has 238 valence electrons. The number of aryl methyl sites for hydroxylation is 2. The van der Waals surface area contributed by atoms with Crippen molar-refractivity contribution >= 4 is 51.5 Å². The maximum absolute atomic E-state index is 2.84. The highest BCUT2D eigenvalue weighted by molar-refractivity contribution is 7.00. The average molecular weight is 633 g/mol. The first-order chi connectivity index (χ1) is 23.9. The fourth-order valence-corrected chi connectivity index (χ4v) is 10.5. The molecule has 0 spiro atoms. The van der Waals surface area contributed by atoms with E-state index in [9.17, 15) is 0 Å². The molecule has 3 aliphatic heterocycles. The first-order valence-electron chi connectivity index (χ1n) is 18.1. The van der Waals surface area contributed by atoms with Crippen LogP contribution in [0.5, 0.6) is 0 Å². The molecule has 49 heavy (non-hydrogen) atoms. The summed E-state index contributed by atoms with van der Waals surface area (Å²) in [5.74, 6) is 0. The second-order valence-corrected chi connectivity index (χ2v) is 15.3. The van der Waals surface area contributed by atoms with Crippen LogP contribution in [-0.2, 0) is 5.41 Å². The maximum atomic E-state index is 2.84. The summed E-state index contributed by atoms with van der Waals surface area (Å²) in [6.45, 7) is 10.1. The molecule has 2 atom stereocenters. The highest BCUT2D eigenvalue weighted by atomic mass is 15.3.